The van der Waals surface area contributed by atoms with Gasteiger partial charge < -0.3 is 10.6 Å². The van der Waals surface area contributed by atoms with Crippen molar-refractivity contribution in [3.05, 3.63) is 0 Å². The Bertz CT molecular complexity index is 220. The molecule has 2 unspecified atom stereocenters. The maximum Gasteiger partial charge on any atom is 0.220 e. The van der Waals surface area contributed by atoms with Gasteiger partial charge in [0.15, 0.2) is 0 Å². The molecule has 1 aliphatic carbocycles. The summed E-state index contributed by atoms with van der Waals surface area (Å²) in [5.74, 6) is 1.48. The highest BCUT2D eigenvalue weighted by molar-refractivity contribution is 5.76. The molecule has 1 amide bonds. The van der Waals surface area contributed by atoms with Gasteiger partial charge in [0.05, 0.1) is 0 Å². The second kappa shape index (κ2) is 4.97. The number of piperidine rings is 1. The minimum atomic E-state index is 0.260. The van der Waals surface area contributed by atoms with E-state index in [1.54, 1.807) is 0 Å². The summed E-state index contributed by atoms with van der Waals surface area (Å²) >= 11 is 0. The Morgan fingerprint density at radius 2 is 2.27 bits per heavy atom. The smallest absolute Gasteiger partial charge is 0.220 e. The second-order valence-electron chi connectivity index (χ2n) is 5.13. The van der Waals surface area contributed by atoms with Crippen LogP contribution in [0, 0.1) is 11.8 Å². The monoisotopic (exact) mass is 210 g/mol. The number of rotatable bonds is 4. The van der Waals surface area contributed by atoms with Gasteiger partial charge in [0, 0.05) is 12.5 Å². The standard InChI is InChI=1S/C12H22N2O/c1-9(10-3-2-6-13-8-10)7-12(15)14-11-4-5-11/h9-11,13H,2-8H2,1H3,(H,14,15). The van der Waals surface area contributed by atoms with E-state index in [2.05, 4.69) is 17.6 Å². The topological polar surface area (TPSA) is 41.1 Å². The van der Waals surface area contributed by atoms with Crippen molar-refractivity contribution in [3.8, 4) is 0 Å². The third kappa shape index (κ3) is 3.49. The van der Waals surface area contributed by atoms with Crippen molar-refractivity contribution in [1.82, 2.24) is 10.6 Å². The quantitative estimate of drug-likeness (QED) is 0.734. The van der Waals surface area contributed by atoms with E-state index in [1.807, 2.05) is 0 Å². The van der Waals surface area contributed by atoms with Gasteiger partial charge in [-0.1, -0.05) is 6.92 Å². The van der Waals surface area contributed by atoms with Gasteiger partial charge in [-0.05, 0) is 50.6 Å². The van der Waals surface area contributed by atoms with E-state index in [-0.39, 0.29) is 5.91 Å². The van der Waals surface area contributed by atoms with Crippen molar-refractivity contribution in [2.75, 3.05) is 13.1 Å². The first-order valence-corrected chi connectivity index (χ1v) is 6.26. The van der Waals surface area contributed by atoms with E-state index < -0.39 is 0 Å². The predicted molar refractivity (Wildman–Crippen MR) is 60.5 cm³/mol. The summed E-state index contributed by atoms with van der Waals surface area (Å²) in [5, 5.41) is 6.47. The van der Waals surface area contributed by atoms with E-state index in [9.17, 15) is 4.79 Å². The van der Waals surface area contributed by atoms with Gasteiger partial charge in [0.25, 0.3) is 0 Å². The lowest BCUT2D eigenvalue weighted by Crippen LogP contribution is -2.36. The molecule has 2 N–H and O–H groups in total. The Morgan fingerprint density at radius 3 is 2.87 bits per heavy atom. The van der Waals surface area contributed by atoms with Crippen molar-refractivity contribution in [1.29, 1.82) is 0 Å². The lowest BCUT2D eigenvalue weighted by molar-refractivity contribution is -0.122. The molecule has 2 rings (SSSR count). The van der Waals surface area contributed by atoms with Gasteiger partial charge in [-0.3, -0.25) is 4.79 Å². The van der Waals surface area contributed by atoms with Crippen LogP contribution in [0.1, 0.15) is 39.0 Å². The second-order valence-corrected chi connectivity index (χ2v) is 5.13. The summed E-state index contributed by atoms with van der Waals surface area (Å²) in [5.41, 5.74) is 0. The third-order valence-corrected chi connectivity index (χ3v) is 3.59. The molecule has 1 saturated carbocycles. The molecule has 15 heavy (non-hydrogen) atoms. The van der Waals surface area contributed by atoms with E-state index in [0.29, 0.717) is 24.3 Å². The summed E-state index contributed by atoms with van der Waals surface area (Å²) in [6.07, 6.45) is 5.63. The minimum absolute atomic E-state index is 0.260. The Balaban J connectivity index is 1.69. The fourth-order valence-corrected chi connectivity index (χ4v) is 2.34. The Hall–Kier alpha value is -0.570. The van der Waals surface area contributed by atoms with Crippen molar-refractivity contribution >= 4 is 5.91 Å². The van der Waals surface area contributed by atoms with Crippen molar-refractivity contribution in [2.45, 2.75) is 45.1 Å². The van der Waals surface area contributed by atoms with Crippen molar-refractivity contribution < 1.29 is 4.79 Å². The molecule has 0 bridgehead atoms. The van der Waals surface area contributed by atoms with Crippen LogP contribution in [0.2, 0.25) is 0 Å². The highest BCUT2D eigenvalue weighted by Gasteiger charge is 2.26. The van der Waals surface area contributed by atoms with Gasteiger partial charge in [0.1, 0.15) is 0 Å². The van der Waals surface area contributed by atoms with E-state index in [0.717, 1.165) is 13.1 Å². The first-order valence-electron chi connectivity index (χ1n) is 6.26. The molecule has 0 spiro atoms. The zero-order valence-corrected chi connectivity index (χ0v) is 9.59. The Morgan fingerprint density at radius 1 is 1.47 bits per heavy atom. The van der Waals surface area contributed by atoms with Crippen molar-refractivity contribution in [2.24, 2.45) is 11.8 Å². The number of nitrogens with one attached hydrogen (secondary N) is 2. The van der Waals surface area contributed by atoms with Crippen LogP contribution in [-0.4, -0.2) is 25.0 Å². The number of carbonyl (C=O) groups excluding carboxylic acids is 1. The van der Waals surface area contributed by atoms with E-state index in [1.165, 1.54) is 25.7 Å². The highest BCUT2D eigenvalue weighted by atomic mass is 16.1. The van der Waals surface area contributed by atoms with E-state index >= 15 is 0 Å². The molecular weight excluding hydrogens is 188 g/mol. The van der Waals surface area contributed by atoms with Crippen LogP contribution in [0.3, 0.4) is 0 Å². The zero-order valence-electron chi connectivity index (χ0n) is 9.59. The van der Waals surface area contributed by atoms with Gasteiger partial charge >= 0.3 is 0 Å². The molecule has 0 radical (unpaired) electrons. The molecule has 2 fully saturated rings. The van der Waals surface area contributed by atoms with Gasteiger partial charge in [-0.2, -0.15) is 0 Å². The van der Waals surface area contributed by atoms with Crippen LogP contribution in [-0.2, 0) is 4.79 Å². The van der Waals surface area contributed by atoms with Crippen LogP contribution in [0.25, 0.3) is 0 Å². The van der Waals surface area contributed by atoms with Crippen LogP contribution in [0.15, 0.2) is 0 Å². The molecule has 0 aromatic carbocycles. The zero-order chi connectivity index (χ0) is 10.7. The molecule has 0 aromatic heterocycles. The number of carbonyl (C=O) groups is 1. The molecule has 0 aromatic rings. The van der Waals surface area contributed by atoms with Crippen LogP contribution in [0.5, 0.6) is 0 Å². The lowest BCUT2D eigenvalue weighted by atomic mass is 9.85. The molecule has 1 saturated heterocycles. The molecule has 3 nitrogen and oxygen atoms in total. The van der Waals surface area contributed by atoms with Crippen LogP contribution >= 0.6 is 0 Å². The number of hydrogen-bond donors (Lipinski definition) is 2. The van der Waals surface area contributed by atoms with E-state index in [4.69, 9.17) is 0 Å². The fraction of sp³-hybridized carbons (Fsp3) is 0.917. The first-order chi connectivity index (χ1) is 7.25. The van der Waals surface area contributed by atoms with Crippen LogP contribution < -0.4 is 10.6 Å². The molecule has 3 heteroatoms. The molecule has 1 heterocycles. The largest absolute Gasteiger partial charge is 0.353 e. The van der Waals surface area contributed by atoms with Gasteiger partial charge in [-0.15, -0.1) is 0 Å². The summed E-state index contributed by atoms with van der Waals surface area (Å²) in [6, 6.07) is 0.509. The predicted octanol–water partition coefficient (Wildman–Crippen LogP) is 1.29. The number of amides is 1. The molecular formula is C12H22N2O. The van der Waals surface area contributed by atoms with Crippen LogP contribution in [0.4, 0.5) is 0 Å². The molecule has 1 aliphatic heterocycles. The maximum absolute atomic E-state index is 11.6. The molecule has 2 aliphatic rings. The molecule has 86 valence electrons. The average Bonchev–Trinajstić information content (AvgIpc) is 3.03. The first kappa shape index (κ1) is 10.9. The summed E-state index contributed by atoms with van der Waals surface area (Å²) < 4.78 is 0. The SMILES string of the molecule is CC(CC(=O)NC1CC1)C1CCCNC1. The summed E-state index contributed by atoms with van der Waals surface area (Å²) in [4.78, 5) is 11.6. The Labute approximate surface area is 92.0 Å². The van der Waals surface area contributed by atoms with Gasteiger partial charge in [0.2, 0.25) is 5.91 Å². The normalized spacial score (nSPS) is 28.5. The summed E-state index contributed by atoms with van der Waals surface area (Å²) in [7, 11) is 0. The van der Waals surface area contributed by atoms with Crippen molar-refractivity contribution in [3.63, 3.8) is 0 Å². The highest BCUT2D eigenvalue weighted by Crippen LogP contribution is 2.24. The maximum atomic E-state index is 11.6. The number of hydrogen-bond acceptors (Lipinski definition) is 2. The molecule has 2 atom stereocenters. The Kier molecular flexibility index (Phi) is 3.62. The summed E-state index contributed by atoms with van der Waals surface area (Å²) in [6.45, 7) is 4.46. The minimum Gasteiger partial charge on any atom is -0.353 e. The average molecular weight is 210 g/mol. The third-order valence-electron chi connectivity index (χ3n) is 3.59. The fourth-order valence-electron chi connectivity index (χ4n) is 2.34. The van der Waals surface area contributed by atoms with Gasteiger partial charge in [-0.25, -0.2) is 0 Å². The lowest BCUT2D eigenvalue weighted by Gasteiger charge is -2.28.